The lowest BCUT2D eigenvalue weighted by Gasteiger charge is -2.21. The smallest absolute Gasteiger partial charge is 0.226 e. The topological polar surface area (TPSA) is 44.7 Å². The van der Waals surface area contributed by atoms with Crippen LogP contribution < -0.4 is 5.32 Å². The van der Waals surface area contributed by atoms with E-state index in [-0.39, 0.29) is 24.1 Å². The number of nitrogens with zero attached hydrogens (tertiary/aromatic N) is 2. The molecule has 1 aliphatic heterocycles. The standard InChI is InChI=1S/C19H25F2N3OS/c1-24-15(11-18(25)23-17-9-8-13(20)10-16(17)21)12-26-19(24)22-14-6-4-2-3-5-7-14/h8-10,14-15H,2-7,11-12H2,1H3,(H,23,25). The van der Waals surface area contributed by atoms with E-state index < -0.39 is 11.6 Å². The van der Waals surface area contributed by atoms with Crippen LogP contribution in [0.2, 0.25) is 0 Å². The van der Waals surface area contributed by atoms with Crippen molar-refractivity contribution in [3.05, 3.63) is 29.8 Å². The summed E-state index contributed by atoms with van der Waals surface area (Å²) in [4.78, 5) is 19.2. The minimum atomic E-state index is -0.761. The molecule has 2 fully saturated rings. The van der Waals surface area contributed by atoms with Crippen molar-refractivity contribution in [3.63, 3.8) is 0 Å². The second kappa shape index (κ2) is 8.84. The third-order valence-corrected chi connectivity index (χ3v) is 6.20. The number of nitrogens with one attached hydrogen (secondary N) is 1. The number of amidine groups is 1. The van der Waals surface area contributed by atoms with Gasteiger partial charge in [-0.1, -0.05) is 37.4 Å². The van der Waals surface area contributed by atoms with Gasteiger partial charge in [-0.15, -0.1) is 0 Å². The van der Waals surface area contributed by atoms with Crippen LogP contribution in [0.4, 0.5) is 14.5 Å². The first-order valence-electron chi connectivity index (χ1n) is 9.21. The number of aliphatic imine (C=N–C) groups is 1. The van der Waals surface area contributed by atoms with E-state index in [1.807, 2.05) is 7.05 Å². The van der Waals surface area contributed by atoms with Gasteiger partial charge in [-0.3, -0.25) is 9.79 Å². The van der Waals surface area contributed by atoms with Gasteiger partial charge in [-0.25, -0.2) is 8.78 Å². The van der Waals surface area contributed by atoms with Crippen molar-refractivity contribution < 1.29 is 13.6 Å². The molecule has 1 N–H and O–H groups in total. The Morgan fingerprint density at radius 2 is 2.00 bits per heavy atom. The van der Waals surface area contributed by atoms with Crippen molar-refractivity contribution >= 4 is 28.5 Å². The van der Waals surface area contributed by atoms with Crippen LogP contribution in [0.1, 0.15) is 44.9 Å². The van der Waals surface area contributed by atoms with Gasteiger partial charge in [0.1, 0.15) is 11.6 Å². The zero-order valence-electron chi connectivity index (χ0n) is 15.0. The van der Waals surface area contributed by atoms with Crippen LogP contribution in [0, 0.1) is 11.6 Å². The van der Waals surface area contributed by atoms with Crippen molar-refractivity contribution in [2.45, 2.75) is 57.0 Å². The van der Waals surface area contributed by atoms with E-state index in [1.165, 1.54) is 31.7 Å². The fourth-order valence-electron chi connectivity index (χ4n) is 3.41. The van der Waals surface area contributed by atoms with E-state index in [4.69, 9.17) is 4.99 Å². The molecule has 7 heteroatoms. The van der Waals surface area contributed by atoms with Crippen LogP contribution in [-0.2, 0) is 4.79 Å². The van der Waals surface area contributed by atoms with Crippen molar-refractivity contribution in [3.8, 4) is 0 Å². The monoisotopic (exact) mass is 381 g/mol. The molecule has 0 spiro atoms. The van der Waals surface area contributed by atoms with Crippen LogP contribution >= 0.6 is 11.8 Å². The van der Waals surface area contributed by atoms with Gasteiger partial charge in [0, 0.05) is 31.3 Å². The lowest BCUT2D eigenvalue weighted by atomic mass is 10.1. The molecular formula is C19H25F2N3OS. The third-order valence-electron chi connectivity index (χ3n) is 5.00. The maximum Gasteiger partial charge on any atom is 0.226 e. The Labute approximate surface area is 157 Å². The molecule has 1 saturated carbocycles. The molecule has 1 aromatic carbocycles. The number of benzene rings is 1. The van der Waals surface area contributed by atoms with E-state index in [9.17, 15) is 13.6 Å². The molecule has 142 valence electrons. The Morgan fingerprint density at radius 3 is 2.69 bits per heavy atom. The predicted octanol–water partition coefficient (Wildman–Crippen LogP) is 4.42. The number of amides is 1. The summed E-state index contributed by atoms with van der Waals surface area (Å²) in [5.41, 5.74) is 0.0112. The minimum absolute atomic E-state index is 0.0112. The number of rotatable bonds is 4. The Bertz CT molecular complexity index is 675. The molecule has 2 aliphatic rings. The number of hydrogen-bond acceptors (Lipinski definition) is 3. The number of carbonyl (C=O) groups is 1. The molecule has 1 saturated heterocycles. The molecule has 1 aromatic rings. The summed E-state index contributed by atoms with van der Waals surface area (Å²) in [6.07, 6.45) is 7.62. The normalized spacial score (nSPS) is 23.3. The first-order valence-corrected chi connectivity index (χ1v) is 10.2. The van der Waals surface area contributed by atoms with E-state index >= 15 is 0 Å². The molecule has 1 unspecified atom stereocenters. The first kappa shape index (κ1) is 19.1. The van der Waals surface area contributed by atoms with Gasteiger partial charge in [-0.05, 0) is 25.0 Å². The lowest BCUT2D eigenvalue weighted by Crippen LogP contribution is -2.34. The van der Waals surface area contributed by atoms with E-state index in [1.54, 1.807) is 11.8 Å². The number of anilines is 1. The molecule has 1 aliphatic carbocycles. The van der Waals surface area contributed by atoms with Gasteiger partial charge in [0.25, 0.3) is 0 Å². The van der Waals surface area contributed by atoms with Gasteiger partial charge in [0.05, 0.1) is 11.7 Å². The molecule has 3 rings (SSSR count). The van der Waals surface area contributed by atoms with Crippen LogP contribution in [0.25, 0.3) is 0 Å². The predicted molar refractivity (Wildman–Crippen MR) is 103 cm³/mol. The molecule has 0 aromatic heterocycles. The number of carbonyl (C=O) groups excluding carboxylic acids is 1. The fraction of sp³-hybridized carbons (Fsp3) is 0.579. The summed E-state index contributed by atoms with van der Waals surface area (Å²) in [5, 5.41) is 3.54. The third kappa shape index (κ3) is 4.96. The summed E-state index contributed by atoms with van der Waals surface area (Å²) < 4.78 is 26.6. The number of hydrogen-bond donors (Lipinski definition) is 1. The molecule has 0 radical (unpaired) electrons. The van der Waals surface area contributed by atoms with Gasteiger partial charge < -0.3 is 10.2 Å². The van der Waals surface area contributed by atoms with Crippen molar-refractivity contribution in [2.24, 2.45) is 4.99 Å². The average Bonchev–Trinajstić information content (AvgIpc) is 2.80. The molecule has 1 amide bonds. The Kier molecular flexibility index (Phi) is 6.51. The lowest BCUT2D eigenvalue weighted by molar-refractivity contribution is -0.116. The van der Waals surface area contributed by atoms with E-state index in [0.717, 1.165) is 35.9 Å². The SMILES string of the molecule is CN1C(=NC2CCCCCC2)SCC1CC(=O)Nc1ccc(F)cc1F. The molecule has 26 heavy (non-hydrogen) atoms. The Hall–Kier alpha value is -1.63. The largest absolute Gasteiger partial charge is 0.350 e. The average molecular weight is 381 g/mol. The van der Waals surface area contributed by atoms with Gasteiger partial charge in [0.2, 0.25) is 5.91 Å². The first-order chi connectivity index (χ1) is 12.5. The number of thioether (sulfide) groups is 1. The second-order valence-electron chi connectivity index (χ2n) is 7.01. The summed E-state index contributed by atoms with van der Waals surface area (Å²) >= 11 is 1.68. The quantitative estimate of drug-likeness (QED) is 0.786. The van der Waals surface area contributed by atoms with Crippen molar-refractivity contribution in [1.29, 1.82) is 0 Å². The van der Waals surface area contributed by atoms with Crippen LogP contribution in [0.15, 0.2) is 23.2 Å². The highest BCUT2D eigenvalue weighted by molar-refractivity contribution is 8.14. The molecule has 1 heterocycles. The summed E-state index contributed by atoms with van der Waals surface area (Å²) in [7, 11) is 1.96. The van der Waals surface area contributed by atoms with Crippen LogP contribution in [0.5, 0.6) is 0 Å². The van der Waals surface area contributed by atoms with Gasteiger partial charge >= 0.3 is 0 Å². The van der Waals surface area contributed by atoms with Crippen LogP contribution in [0.3, 0.4) is 0 Å². The van der Waals surface area contributed by atoms with Crippen molar-refractivity contribution in [2.75, 3.05) is 18.1 Å². The second-order valence-corrected chi connectivity index (χ2v) is 8.00. The summed E-state index contributed by atoms with van der Waals surface area (Å²) in [5.74, 6) is -0.903. The van der Waals surface area contributed by atoms with Crippen LogP contribution in [-0.4, -0.2) is 40.9 Å². The summed E-state index contributed by atoms with van der Waals surface area (Å²) in [6.45, 7) is 0. The molecular weight excluding hydrogens is 356 g/mol. The minimum Gasteiger partial charge on any atom is -0.350 e. The molecule has 4 nitrogen and oxygen atoms in total. The zero-order chi connectivity index (χ0) is 18.5. The Morgan fingerprint density at radius 1 is 1.27 bits per heavy atom. The maximum absolute atomic E-state index is 13.7. The summed E-state index contributed by atoms with van der Waals surface area (Å²) in [6, 6.07) is 3.57. The highest BCUT2D eigenvalue weighted by Gasteiger charge is 2.30. The van der Waals surface area contributed by atoms with E-state index in [0.29, 0.717) is 6.04 Å². The zero-order valence-corrected chi connectivity index (χ0v) is 15.8. The highest BCUT2D eigenvalue weighted by atomic mass is 32.2. The Balaban J connectivity index is 1.56. The highest BCUT2D eigenvalue weighted by Crippen LogP contribution is 2.28. The van der Waals surface area contributed by atoms with E-state index in [2.05, 4.69) is 10.2 Å². The number of halogens is 2. The molecule has 1 atom stereocenters. The van der Waals surface area contributed by atoms with Gasteiger partial charge in [0.15, 0.2) is 5.17 Å². The fourth-order valence-corrected chi connectivity index (χ4v) is 4.67. The molecule has 0 bridgehead atoms. The van der Waals surface area contributed by atoms with Gasteiger partial charge in [-0.2, -0.15) is 0 Å². The maximum atomic E-state index is 13.7. The van der Waals surface area contributed by atoms with Crippen molar-refractivity contribution in [1.82, 2.24) is 4.90 Å².